The Hall–Kier alpha value is -1.75. The lowest BCUT2D eigenvalue weighted by Gasteiger charge is -1.95. The molecule has 0 radical (unpaired) electrons. The summed E-state index contributed by atoms with van der Waals surface area (Å²) in [5.41, 5.74) is 1.85. The normalized spacial score (nSPS) is 9.00. The van der Waals surface area contributed by atoms with Gasteiger partial charge in [-0.25, -0.2) is 0 Å². The van der Waals surface area contributed by atoms with Gasteiger partial charge in [-0.1, -0.05) is 19.9 Å². The first-order valence-electron chi connectivity index (χ1n) is 4.77. The fourth-order valence-corrected chi connectivity index (χ4v) is 1.40. The molecule has 0 aliphatic heterocycles. The zero-order valence-corrected chi connectivity index (χ0v) is 8.78. The molecule has 0 N–H and O–H groups in total. The number of fused-ring (bicyclic) bond motifs is 1. The van der Waals surface area contributed by atoms with Crippen molar-refractivity contribution in [1.82, 2.24) is 4.57 Å². The highest BCUT2D eigenvalue weighted by Gasteiger charge is 2.00. The van der Waals surface area contributed by atoms with Crippen molar-refractivity contribution in [1.29, 1.82) is 5.26 Å². The molecule has 0 fully saturated rings. The Labute approximate surface area is 84.4 Å². The zero-order valence-electron chi connectivity index (χ0n) is 8.78. The number of hydrogen-bond acceptors (Lipinski definition) is 1. The fraction of sp³-hybridized carbons (Fsp3) is 0.250. The lowest BCUT2D eigenvalue weighted by molar-refractivity contribution is 0.969. The lowest BCUT2D eigenvalue weighted by Crippen LogP contribution is -1.83. The predicted molar refractivity (Wildman–Crippen MR) is 59.0 cm³/mol. The van der Waals surface area contributed by atoms with Gasteiger partial charge in [-0.05, 0) is 18.2 Å². The van der Waals surface area contributed by atoms with E-state index < -0.39 is 0 Å². The van der Waals surface area contributed by atoms with Gasteiger partial charge < -0.3 is 4.57 Å². The highest BCUT2D eigenvalue weighted by molar-refractivity contribution is 5.85. The third kappa shape index (κ3) is 1.62. The van der Waals surface area contributed by atoms with Crippen molar-refractivity contribution in [2.75, 3.05) is 0 Å². The van der Waals surface area contributed by atoms with Gasteiger partial charge in [-0.2, -0.15) is 5.26 Å². The number of nitriles is 1. The maximum atomic E-state index is 8.79. The van der Waals surface area contributed by atoms with E-state index in [1.807, 2.05) is 55.9 Å². The second kappa shape index (κ2) is 4.48. The van der Waals surface area contributed by atoms with Crippen LogP contribution < -0.4 is 0 Å². The Bertz CT molecular complexity index is 461. The van der Waals surface area contributed by atoms with Crippen LogP contribution in [0, 0.1) is 11.3 Å². The van der Waals surface area contributed by atoms with Crippen LogP contribution in [-0.4, -0.2) is 4.57 Å². The van der Waals surface area contributed by atoms with Crippen LogP contribution in [0.25, 0.3) is 10.9 Å². The van der Waals surface area contributed by atoms with Crippen molar-refractivity contribution in [3.05, 3.63) is 36.0 Å². The van der Waals surface area contributed by atoms with Crippen molar-refractivity contribution >= 4 is 10.9 Å². The lowest BCUT2D eigenvalue weighted by atomic mass is 10.1. The standard InChI is InChI=1S/C10H8N2.C2H6/c1-12-6-5-9-8(7-11)3-2-4-10(9)12;1-2/h2-6H,1H3;1-2H3. The highest BCUT2D eigenvalue weighted by Crippen LogP contribution is 2.18. The third-order valence-corrected chi connectivity index (χ3v) is 2.05. The van der Waals surface area contributed by atoms with E-state index in [9.17, 15) is 0 Å². The number of benzene rings is 1. The van der Waals surface area contributed by atoms with Gasteiger partial charge >= 0.3 is 0 Å². The Morgan fingerprint density at radius 1 is 1.21 bits per heavy atom. The van der Waals surface area contributed by atoms with Gasteiger partial charge in [0.25, 0.3) is 0 Å². The van der Waals surface area contributed by atoms with Crippen LogP contribution in [0.5, 0.6) is 0 Å². The summed E-state index contributed by atoms with van der Waals surface area (Å²) in [5, 5.41) is 9.82. The van der Waals surface area contributed by atoms with Crippen molar-refractivity contribution < 1.29 is 0 Å². The number of nitrogens with zero attached hydrogens (tertiary/aromatic N) is 2. The average molecular weight is 186 g/mol. The fourth-order valence-electron chi connectivity index (χ4n) is 1.40. The second-order valence-electron chi connectivity index (χ2n) is 2.78. The van der Waals surface area contributed by atoms with E-state index in [0.29, 0.717) is 0 Å². The van der Waals surface area contributed by atoms with E-state index in [4.69, 9.17) is 5.26 Å². The van der Waals surface area contributed by atoms with Crippen LogP contribution in [0.4, 0.5) is 0 Å². The zero-order chi connectivity index (χ0) is 10.6. The summed E-state index contributed by atoms with van der Waals surface area (Å²) in [4.78, 5) is 0. The molecular formula is C12H14N2. The molecule has 1 aromatic heterocycles. The topological polar surface area (TPSA) is 28.7 Å². The molecule has 0 atom stereocenters. The van der Waals surface area contributed by atoms with Crippen LogP contribution in [-0.2, 0) is 7.05 Å². The second-order valence-corrected chi connectivity index (χ2v) is 2.78. The largest absolute Gasteiger partial charge is 0.351 e. The van der Waals surface area contributed by atoms with E-state index >= 15 is 0 Å². The van der Waals surface area contributed by atoms with E-state index in [1.165, 1.54) is 0 Å². The molecule has 1 aromatic carbocycles. The molecule has 0 unspecified atom stereocenters. The molecule has 0 spiro atoms. The van der Waals surface area contributed by atoms with Gasteiger partial charge in [0.2, 0.25) is 0 Å². The van der Waals surface area contributed by atoms with Gasteiger partial charge in [0.1, 0.15) is 0 Å². The molecule has 0 saturated carbocycles. The van der Waals surface area contributed by atoms with Crippen molar-refractivity contribution in [3.63, 3.8) is 0 Å². The SMILES string of the molecule is CC.Cn1ccc2c(C#N)cccc21. The molecule has 14 heavy (non-hydrogen) atoms. The Kier molecular flexibility index (Phi) is 3.30. The smallest absolute Gasteiger partial charge is 0.0998 e. The quantitative estimate of drug-likeness (QED) is 0.621. The molecule has 0 aliphatic rings. The molecule has 0 saturated heterocycles. The summed E-state index contributed by atoms with van der Waals surface area (Å²) in [5.74, 6) is 0. The summed E-state index contributed by atoms with van der Waals surface area (Å²) in [6.07, 6.45) is 1.96. The molecule has 0 amide bonds. The van der Waals surface area contributed by atoms with Crippen LogP contribution in [0.3, 0.4) is 0 Å². The molecule has 2 rings (SSSR count). The third-order valence-electron chi connectivity index (χ3n) is 2.05. The molecule has 0 aliphatic carbocycles. The predicted octanol–water partition coefficient (Wildman–Crippen LogP) is 3.08. The molecule has 1 heterocycles. The molecule has 2 heteroatoms. The summed E-state index contributed by atoms with van der Waals surface area (Å²) in [6.45, 7) is 4.00. The molecule has 2 aromatic rings. The van der Waals surface area contributed by atoms with Crippen molar-refractivity contribution in [3.8, 4) is 6.07 Å². The number of rotatable bonds is 0. The summed E-state index contributed by atoms with van der Waals surface area (Å²) in [6, 6.07) is 9.89. The van der Waals surface area contributed by atoms with Crippen LogP contribution in [0.2, 0.25) is 0 Å². The van der Waals surface area contributed by atoms with Crippen LogP contribution >= 0.6 is 0 Å². The first kappa shape index (κ1) is 10.3. The van der Waals surface area contributed by atoms with E-state index in [-0.39, 0.29) is 0 Å². The first-order chi connectivity index (χ1) is 6.83. The van der Waals surface area contributed by atoms with E-state index in [2.05, 4.69) is 6.07 Å². The number of hydrogen-bond donors (Lipinski definition) is 0. The van der Waals surface area contributed by atoms with Gasteiger partial charge in [0.05, 0.1) is 11.6 Å². The Morgan fingerprint density at radius 2 is 1.93 bits per heavy atom. The molecule has 0 bridgehead atoms. The van der Waals surface area contributed by atoms with Gasteiger partial charge in [0, 0.05) is 24.1 Å². The summed E-state index contributed by atoms with van der Waals surface area (Å²) < 4.78 is 2.01. The number of aromatic nitrogens is 1. The first-order valence-corrected chi connectivity index (χ1v) is 4.77. The molecule has 72 valence electrons. The minimum Gasteiger partial charge on any atom is -0.351 e. The average Bonchev–Trinajstić information content (AvgIpc) is 2.64. The Balaban J connectivity index is 0.000000461. The van der Waals surface area contributed by atoms with Crippen LogP contribution in [0.15, 0.2) is 30.5 Å². The van der Waals surface area contributed by atoms with Gasteiger partial charge in [0.15, 0.2) is 0 Å². The molecular weight excluding hydrogens is 172 g/mol. The van der Waals surface area contributed by atoms with E-state index in [1.54, 1.807) is 0 Å². The Morgan fingerprint density at radius 3 is 2.57 bits per heavy atom. The van der Waals surface area contributed by atoms with Crippen molar-refractivity contribution in [2.24, 2.45) is 7.05 Å². The monoisotopic (exact) mass is 186 g/mol. The van der Waals surface area contributed by atoms with Crippen LogP contribution in [0.1, 0.15) is 19.4 Å². The summed E-state index contributed by atoms with van der Waals surface area (Å²) in [7, 11) is 1.98. The van der Waals surface area contributed by atoms with E-state index in [0.717, 1.165) is 16.5 Å². The maximum absolute atomic E-state index is 8.79. The van der Waals surface area contributed by atoms with Crippen molar-refractivity contribution in [2.45, 2.75) is 13.8 Å². The number of aryl methyl sites for hydroxylation is 1. The highest BCUT2D eigenvalue weighted by atomic mass is 14.9. The summed E-state index contributed by atoms with van der Waals surface area (Å²) >= 11 is 0. The maximum Gasteiger partial charge on any atom is 0.0998 e. The van der Waals surface area contributed by atoms with Gasteiger partial charge in [-0.3, -0.25) is 0 Å². The molecule has 2 nitrogen and oxygen atoms in total. The van der Waals surface area contributed by atoms with Gasteiger partial charge in [-0.15, -0.1) is 0 Å². The minimum absolute atomic E-state index is 0.744. The minimum atomic E-state index is 0.744.